The van der Waals surface area contributed by atoms with Crippen LogP contribution in [0.1, 0.15) is 39.0 Å². The Balaban J connectivity index is 1.74. The van der Waals surface area contributed by atoms with Crippen molar-refractivity contribution in [3.05, 3.63) is 0 Å². The Morgan fingerprint density at radius 1 is 1.46 bits per heavy atom. The van der Waals surface area contributed by atoms with Crippen molar-refractivity contribution in [2.24, 2.45) is 5.92 Å². The van der Waals surface area contributed by atoms with E-state index in [1.54, 1.807) is 0 Å². The van der Waals surface area contributed by atoms with Crippen LogP contribution >= 0.6 is 0 Å². The van der Waals surface area contributed by atoms with Crippen molar-refractivity contribution in [2.75, 3.05) is 13.1 Å². The van der Waals surface area contributed by atoms with Crippen LogP contribution in [-0.4, -0.2) is 29.8 Å². The van der Waals surface area contributed by atoms with Gasteiger partial charge in [0, 0.05) is 25.4 Å². The zero-order valence-electron chi connectivity index (χ0n) is 8.46. The van der Waals surface area contributed by atoms with Gasteiger partial charge in [-0.05, 0) is 25.8 Å². The first kappa shape index (κ1) is 9.20. The number of ketones is 1. The van der Waals surface area contributed by atoms with Crippen LogP contribution in [0.2, 0.25) is 0 Å². The minimum absolute atomic E-state index is 0.454. The Hall–Kier alpha value is -0.370. The predicted molar refractivity (Wildman–Crippen MR) is 52.6 cm³/mol. The molecule has 0 aromatic carbocycles. The molecule has 2 nitrogen and oxygen atoms in total. The van der Waals surface area contributed by atoms with Crippen molar-refractivity contribution >= 4 is 5.78 Å². The van der Waals surface area contributed by atoms with E-state index in [-0.39, 0.29) is 0 Å². The lowest BCUT2D eigenvalue weighted by atomic mass is 10.0. The van der Waals surface area contributed by atoms with Gasteiger partial charge in [0.25, 0.3) is 0 Å². The SMILES string of the molecule is CC1CC(=O)CCN1CCC1CC1. The van der Waals surface area contributed by atoms with Crippen LogP contribution in [0.4, 0.5) is 0 Å². The lowest BCUT2D eigenvalue weighted by Crippen LogP contribution is -2.41. The van der Waals surface area contributed by atoms with Gasteiger partial charge in [-0.15, -0.1) is 0 Å². The fraction of sp³-hybridized carbons (Fsp3) is 0.909. The van der Waals surface area contributed by atoms with Crippen LogP contribution in [0.5, 0.6) is 0 Å². The normalized spacial score (nSPS) is 30.8. The highest BCUT2D eigenvalue weighted by Crippen LogP contribution is 2.32. The smallest absolute Gasteiger partial charge is 0.135 e. The van der Waals surface area contributed by atoms with E-state index < -0.39 is 0 Å². The number of piperidine rings is 1. The topological polar surface area (TPSA) is 20.3 Å². The van der Waals surface area contributed by atoms with Crippen LogP contribution in [-0.2, 0) is 4.79 Å². The molecule has 0 radical (unpaired) electrons. The zero-order valence-corrected chi connectivity index (χ0v) is 8.46. The molecule has 74 valence electrons. The van der Waals surface area contributed by atoms with Gasteiger partial charge < -0.3 is 0 Å². The molecule has 1 atom stereocenters. The summed E-state index contributed by atoms with van der Waals surface area (Å²) in [5.74, 6) is 1.47. The van der Waals surface area contributed by atoms with Gasteiger partial charge in [-0.25, -0.2) is 0 Å². The number of nitrogens with zero attached hydrogens (tertiary/aromatic N) is 1. The third-order valence-corrected chi connectivity index (χ3v) is 3.35. The van der Waals surface area contributed by atoms with Gasteiger partial charge in [0.05, 0.1) is 0 Å². The van der Waals surface area contributed by atoms with E-state index in [0.29, 0.717) is 11.8 Å². The van der Waals surface area contributed by atoms with Crippen molar-refractivity contribution in [3.8, 4) is 0 Å². The van der Waals surface area contributed by atoms with Gasteiger partial charge in [0.1, 0.15) is 5.78 Å². The first-order chi connectivity index (χ1) is 6.25. The molecule has 2 rings (SSSR count). The molecule has 1 heterocycles. The summed E-state index contributed by atoms with van der Waals surface area (Å²) in [6.45, 7) is 4.41. The molecule has 0 N–H and O–H groups in total. The molecule has 0 aromatic heterocycles. The van der Waals surface area contributed by atoms with Crippen LogP contribution in [0, 0.1) is 5.92 Å². The molecule has 1 aliphatic carbocycles. The van der Waals surface area contributed by atoms with Crippen molar-refractivity contribution < 1.29 is 4.79 Å². The summed E-state index contributed by atoms with van der Waals surface area (Å²) in [6.07, 6.45) is 5.82. The lowest BCUT2D eigenvalue weighted by Gasteiger charge is -2.32. The van der Waals surface area contributed by atoms with E-state index in [4.69, 9.17) is 0 Å². The summed E-state index contributed by atoms with van der Waals surface area (Å²) >= 11 is 0. The maximum absolute atomic E-state index is 11.1. The number of hydrogen-bond donors (Lipinski definition) is 0. The number of likely N-dealkylation sites (tertiary alicyclic amines) is 1. The lowest BCUT2D eigenvalue weighted by molar-refractivity contribution is -0.122. The van der Waals surface area contributed by atoms with Gasteiger partial charge in [0.2, 0.25) is 0 Å². The van der Waals surface area contributed by atoms with E-state index in [0.717, 1.165) is 25.3 Å². The summed E-state index contributed by atoms with van der Waals surface area (Å²) in [6, 6.07) is 0.500. The monoisotopic (exact) mass is 181 g/mol. The second kappa shape index (κ2) is 3.79. The Labute approximate surface area is 80.3 Å². The number of rotatable bonds is 3. The molecule has 1 saturated heterocycles. The van der Waals surface area contributed by atoms with Crippen molar-refractivity contribution in [1.29, 1.82) is 0 Å². The van der Waals surface area contributed by atoms with Gasteiger partial charge in [-0.3, -0.25) is 9.69 Å². The molecule has 1 unspecified atom stereocenters. The summed E-state index contributed by atoms with van der Waals surface area (Å²) in [5.41, 5.74) is 0. The number of Topliss-reactive ketones (excluding diaryl/α,β-unsaturated/α-hetero) is 1. The average molecular weight is 181 g/mol. The number of carbonyl (C=O) groups is 1. The zero-order chi connectivity index (χ0) is 9.26. The molecule has 1 saturated carbocycles. The molecular weight excluding hydrogens is 162 g/mol. The van der Waals surface area contributed by atoms with Crippen molar-refractivity contribution in [2.45, 2.75) is 45.1 Å². The third-order valence-electron chi connectivity index (χ3n) is 3.35. The standard InChI is InChI=1S/C11H19NO/c1-9-8-11(13)5-7-12(9)6-4-10-2-3-10/h9-10H,2-8H2,1H3. The van der Waals surface area contributed by atoms with Crippen LogP contribution in [0.15, 0.2) is 0 Å². The predicted octanol–water partition coefficient (Wildman–Crippen LogP) is 1.84. The van der Waals surface area contributed by atoms with Gasteiger partial charge in [0.15, 0.2) is 0 Å². The highest BCUT2D eigenvalue weighted by molar-refractivity contribution is 5.79. The molecule has 2 fully saturated rings. The minimum atomic E-state index is 0.454. The number of carbonyl (C=O) groups excluding carboxylic acids is 1. The van der Waals surface area contributed by atoms with Crippen LogP contribution < -0.4 is 0 Å². The second-order valence-electron chi connectivity index (χ2n) is 4.61. The van der Waals surface area contributed by atoms with Crippen molar-refractivity contribution in [3.63, 3.8) is 0 Å². The largest absolute Gasteiger partial charge is 0.300 e. The fourth-order valence-electron chi connectivity index (χ4n) is 2.14. The molecule has 0 amide bonds. The van der Waals surface area contributed by atoms with Gasteiger partial charge in [-0.1, -0.05) is 12.8 Å². The number of hydrogen-bond acceptors (Lipinski definition) is 2. The van der Waals surface area contributed by atoms with Gasteiger partial charge >= 0.3 is 0 Å². The summed E-state index contributed by atoms with van der Waals surface area (Å²) in [4.78, 5) is 13.6. The molecule has 1 aliphatic heterocycles. The van der Waals surface area contributed by atoms with E-state index >= 15 is 0 Å². The molecule has 0 spiro atoms. The highest BCUT2D eigenvalue weighted by Gasteiger charge is 2.26. The van der Waals surface area contributed by atoms with Gasteiger partial charge in [-0.2, -0.15) is 0 Å². The third kappa shape index (κ3) is 2.53. The van der Waals surface area contributed by atoms with E-state index in [9.17, 15) is 4.79 Å². The Morgan fingerprint density at radius 3 is 2.85 bits per heavy atom. The average Bonchev–Trinajstić information content (AvgIpc) is 2.86. The fourth-order valence-corrected chi connectivity index (χ4v) is 2.14. The van der Waals surface area contributed by atoms with E-state index in [2.05, 4.69) is 11.8 Å². The first-order valence-electron chi connectivity index (χ1n) is 5.51. The molecule has 0 aromatic rings. The van der Waals surface area contributed by atoms with Crippen LogP contribution in [0.3, 0.4) is 0 Å². The van der Waals surface area contributed by atoms with E-state index in [1.165, 1.54) is 25.8 Å². The maximum atomic E-state index is 11.1. The summed E-state index contributed by atoms with van der Waals surface area (Å²) in [5, 5.41) is 0. The van der Waals surface area contributed by atoms with E-state index in [1.807, 2.05) is 0 Å². The molecule has 2 heteroatoms. The Morgan fingerprint density at radius 2 is 2.23 bits per heavy atom. The molecular formula is C11H19NO. The molecule has 13 heavy (non-hydrogen) atoms. The quantitative estimate of drug-likeness (QED) is 0.662. The summed E-state index contributed by atoms with van der Waals surface area (Å²) in [7, 11) is 0. The Kier molecular flexibility index (Phi) is 2.68. The first-order valence-corrected chi connectivity index (χ1v) is 5.51. The maximum Gasteiger partial charge on any atom is 0.135 e. The minimum Gasteiger partial charge on any atom is -0.300 e. The second-order valence-corrected chi connectivity index (χ2v) is 4.61. The highest BCUT2D eigenvalue weighted by atomic mass is 16.1. The molecule has 0 bridgehead atoms. The Bertz CT molecular complexity index is 198. The van der Waals surface area contributed by atoms with Crippen molar-refractivity contribution in [1.82, 2.24) is 4.90 Å². The summed E-state index contributed by atoms with van der Waals surface area (Å²) < 4.78 is 0. The van der Waals surface area contributed by atoms with Crippen LogP contribution in [0.25, 0.3) is 0 Å². The molecule has 2 aliphatic rings.